The highest BCUT2D eigenvalue weighted by Gasteiger charge is 2.45. The van der Waals surface area contributed by atoms with E-state index in [1.54, 1.807) is 12.1 Å². The number of benzene rings is 1. The molecule has 1 aromatic carbocycles. The maximum atomic E-state index is 10.2. The van der Waals surface area contributed by atoms with E-state index >= 15 is 0 Å². The van der Waals surface area contributed by atoms with Gasteiger partial charge >= 0.3 is 0 Å². The molecule has 0 aromatic heterocycles. The third-order valence-electron chi connectivity index (χ3n) is 4.66. The average molecular weight is 388 g/mol. The highest BCUT2D eigenvalue weighted by Crippen LogP contribution is 2.46. The first-order valence-corrected chi connectivity index (χ1v) is 8.44. The zero-order valence-electron chi connectivity index (χ0n) is 14.9. The molecule has 5 N–H and O–H groups in total. The predicted octanol–water partition coefficient (Wildman–Crippen LogP) is -1.69. The minimum absolute atomic E-state index is 0.106. The van der Waals surface area contributed by atoms with E-state index < -0.39 is 37.3 Å². The summed E-state index contributed by atoms with van der Waals surface area (Å²) in [5.74, 6) is 0.622. The molecule has 10 heteroatoms. The van der Waals surface area contributed by atoms with Gasteiger partial charge < -0.3 is 49.2 Å². The van der Waals surface area contributed by atoms with Crippen molar-refractivity contribution in [3.8, 4) is 17.2 Å². The molecule has 27 heavy (non-hydrogen) atoms. The molecule has 2 saturated heterocycles. The second kappa shape index (κ2) is 8.15. The zero-order chi connectivity index (χ0) is 19.7. The Labute approximate surface area is 155 Å². The maximum Gasteiger partial charge on any atom is 0.229 e. The van der Waals surface area contributed by atoms with E-state index in [9.17, 15) is 20.4 Å². The molecule has 0 unspecified atom stereocenters. The molecule has 1 aromatic rings. The summed E-state index contributed by atoms with van der Waals surface area (Å²) in [6, 6.07) is 3.28. The summed E-state index contributed by atoms with van der Waals surface area (Å²) >= 11 is 0. The number of aliphatic hydroxyl groups is 5. The standard InChI is InChI=1S/C17H24O10/c1-23-8-3-7(15-11(6-19)25-15)4-9(24-2)16(8)27-17-14(22)13(21)12(20)10(5-18)26-17/h3-4,10-15,17-22H,5-6H2,1-2H3/t10-,11+,12-,13+,14-,15-,17+/m1/s1. The fourth-order valence-corrected chi connectivity index (χ4v) is 3.04. The summed E-state index contributed by atoms with van der Waals surface area (Å²) in [6.45, 7) is -0.683. The summed E-state index contributed by atoms with van der Waals surface area (Å²) in [7, 11) is 2.83. The molecule has 152 valence electrons. The largest absolute Gasteiger partial charge is 0.493 e. The van der Waals surface area contributed by atoms with E-state index in [-0.39, 0.29) is 36.1 Å². The van der Waals surface area contributed by atoms with Crippen molar-refractivity contribution in [1.82, 2.24) is 0 Å². The van der Waals surface area contributed by atoms with Gasteiger partial charge in [0.05, 0.1) is 27.4 Å². The number of epoxide rings is 1. The molecule has 0 radical (unpaired) electrons. The molecule has 2 heterocycles. The molecule has 2 aliphatic rings. The van der Waals surface area contributed by atoms with Gasteiger partial charge in [0.2, 0.25) is 12.0 Å². The van der Waals surface area contributed by atoms with Gasteiger partial charge in [-0.15, -0.1) is 0 Å². The van der Waals surface area contributed by atoms with Gasteiger partial charge in [-0.25, -0.2) is 0 Å². The number of hydrogen-bond acceptors (Lipinski definition) is 10. The molecule has 0 saturated carbocycles. The molecule has 2 aliphatic heterocycles. The monoisotopic (exact) mass is 388 g/mol. The van der Waals surface area contributed by atoms with Crippen LogP contribution in [0.3, 0.4) is 0 Å². The molecule has 0 bridgehead atoms. The molecule has 10 nitrogen and oxygen atoms in total. The first-order valence-electron chi connectivity index (χ1n) is 8.44. The van der Waals surface area contributed by atoms with Gasteiger partial charge in [-0.2, -0.15) is 0 Å². The van der Waals surface area contributed by atoms with E-state index in [0.717, 1.165) is 0 Å². The van der Waals surface area contributed by atoms with Gasteiger partial charge in [0.1, 0.15) is 36.6 Å². The van der Waals surface area contributed by atoms with Crippen molar-refractivity contribution in [2.75, 3.05) is 27.4 Å². The normalized spacial score (nSPS) is 35.6. The molecule has 0 amide bonds. The smallest absolute Gasteiger partial charge is 0.229 e. The Morgan fingerprint density at radius 1 is 0.852 bits per heavy atom. The SMILES string of the molecule is COc1cc([C@H]2O[C@H]2CO)cc(OC)c1O[C@@H]1O[C@H](CO)[C@@H](O)[C@H](O)[C@H]1O. The van der Waals surface area contributed by atoms with Gasteiger partial charge in [0.25, 0.3) is 0 Å². The molecule has 0 aliphatic carbocycles. The Morgan fingerprint density at radius 3 is 1.93 bits per heavy atom. The number of ether oxygens (including phenoxy) is 5. The number of hydrogen-bond donors (Lipinski definition) is 5. The highest BCUT2D eigenvalue weighted by molar-refractivity contribution is 5.55. The van der Waals surface area contributed by atoms with Crippen LogP contribution in [0.5, 0.6) is 17.2 Å². The summed E-state index contributed by atoms with van der Waals surface area (Å²) in [5, 5.41) is 48.4. The van der Waals surface area contributed by atoms with Crippen molar-refractivity contribution in [2.24, 2.45) is 0 Å². The van der Waals surface area contributed by atoms with E-state index in [1.165, 1.54) is 14.2 Å². The zero-order valence-corrected chi connectivity index (χ0v) is 14.9. The summed E-state index contributed by atoms with van der Waals surface area (Å²) < 4.78 is 27.1. The fraction of sp³-hybridized carbons (Fsp3) is 0.647. The molecule has 0 spiro atoms. The van der Waals surface area contributed by atoms with Crippen molar-refractivity contribution >= 4 is 0 Å². The van der Waals surface area contributed by atoms with Crippen molar-refractivity contribution in [2.45, 2.75) is 42.9 Å². The lowest BCUT2D eigenvalue weighted by molar-refractivity contribution is -0.277. The lowest BCUT2D eigenvalue weighted by atomic mass is 9.99. The van der Waals surface area contributed by atoms with E-state index in [4.69, 9.17) is 28.8 Å². The summed E-state index contributed by atoms with van der Waals surface area (Å²) in [6.07, 6.45) is -7.69. The van der Waals surface area contributed by atoms with Gasteiger partial charge in [0.15, 0.2) is 11.5 Å². The Hall–Kier alpha value is -1.66. The number of rotatable bonds is 7. The Kier molecular flexibility index (Phi) is 6.06. The molecule has 7 atom stereocenters. The van der Waals surface area contributed by atoms with Gasteiger partial charge in [0, 0.05) is 0 Å². The minimum Gasteiger partial charge on any atom is -0.493 e. The third-order valence-corrected chi connectivity index (χ3v) is 4.66. The fourth-order valence-electron chi connectivity index (χ4n) is 3.04. The molecular weight excluding hydrogens is 364 g/mol. The van der Waals surface area contributed by atoms with E-state index in [0.29, 0.717) is 5.56 Å². The molecule has 3 rings (SSSR count). The number of methoxy groups -OCH3 is 2. The Bertz CT molecular complexity index is 626. The van der Waals surface area contributed by atoms with Crippen LogP contribution >= 0.6 is 0 Å². The quantitative estimate of drug-likeness (QED) is 0.342. The lowest BCUT2D eigenvalue weighted by Gasteiger charge is -2.39. The summed E-state index contributed by atoms with van der Waals surface area (Å²) in [5.41, 5.74) is 0.712. The van der Waals surface area contributed by atoms with Crippen LogP contribution in [0, 0.1) is 0 Å². The van der Waals surface area contributed by atoms with Crippen molar-refractivity contribution in [1.29, 1.82) is 0 Å². The van der Waals surface area contributed by atoms with Crippen LogP contribution in [0.4, 0.5) is 0 Å². The average Bonchev–Trinajstić information content (AvgIpc) is 3.48. The molecular formula is C17H24O10. The Morgan fingerprint density at radius 2 is 1.44 bits per heavy atom. The number of aliphatic hydroxyl groups excluding tert-OH is 5. The van der Waals surface area contributed by atoms with Crippen LogP contribution in [0.25, 0.3) is 0 Å². The van der Waals surface area contributed by atoms with Crippen molar-refractivity contribution < 1.29 is 49.2 Å². The topological polar surface area (TPSA) is 151 Å². The maximum absolute atomic E-state index is 10.2. The van der Waals surface area contributed by atoms with Crippen LogP contribution in [0.2, 0.25) is 0 Å². The summed E-state index contributed by atoms with van der Waals surface area (Å²) in [4.78, 5) is 0. The van der Waals surface area contributed by atoms with Gasteiger partial charge in [-0.1, -0.05) is 0 Å². The highest BCUT2D eigenvalue weighted by atomic mass is 16.7. The van der Waals surface area contributed by atoms with Crippen LogP contribution in [0.1, 0.15) is 11.7 Å². The minimum atomic E-state index is -1.57. The lowest BCUT2D eigenvalue weighted by Crippen LogP contribution is -2.60. The third kappa shape index (κ3) is 3.83. The van der Waals surface area contributed by atoms with Gasteiger partial charge in [-0.3, -0.25) is 0 Å². The van der Waals surface area contributed by atoms with Crippen LogP contribution in [-0.4, -0.2) is 89.8 Å². The van der Waals surface area contributed by atoms with E-state index in [2.05, 4.69) is 0 Å². The predicted molar refractivity (Wildman–Crippen MR) is 88.6 cm³/mol. The van der Waals surface area contributed by atoms with Crippen LogP contribution in [-0.2, 0) is 9.47 Å². The second-order valence-corrected chi connectivity index (χ2v) is 6.35. The van der Waals surface area contributed by atoms with Crippen LogP contribution in [0.15, 0.2) is 12.1 Å². The first-order chi connectivity index (χ1) is 12.9. The van der Waals surface area contributed by atoms with Crippen molar-refractivity contribution in [3.05, 3.63) is 17.7 Å². The molecule has 2 fully saturated rings. The Balaban J connectivity index is 1.87. The van der Waals surface area contributed by atoms with E-state index in [1.807, 2.05) is 0 Å². The van der Waals surface area contributed by atoms with Crippen LogP contribution < -0.4 is 14.2 Å². The van der Waals surface area contributed by atoms with Crippen molar-refractivity contribution in [3.63, 3.8) is 0 Å². The first kappa shape index (κ1) is 20.1. The second-order valence-electron chi connectivity index (χ2n) is 6.35. The van der Waals surface area contributed by atoms with Gasteiger partial charge in [-0.05, 0) is 17.7 Å².